The Morgan fingerprint density at radius 2 is 1.26 bits per heavy atom. The van der Waals surface area contributed by atoms with E-state index in [1.807, 2.05) is 0 Å². The van der Waals surface area contributed by atoms with Gasteiger partial charge in [-0.25, -0.2) is 4.79 Å². The maximum Gasteiger partial charge on any atom is 1.00 e. The van der Waals surface area contributed by atoms with E-state index in [4.69, 9.17) is 4.74 Å². The Balaban J connectivity index is -0.000000561. The molecule has 0 bridgehead atoms. The van der Waals surface area contributed by atoms with Crippen molar-refractivity contribution >= 4 is 18.0 Å². The second-order valence-corrected chi connectivity index (χ2v) is 8.33. The van der Waals surface area contributed by atoms with Crippen LogP contribution in [0.5, 0.6) is 0 Å². The van der Waals surface area contributed by atoms with Crippen molar-refractivity contribution in [3.8, 4) is 0 Å². The fourth-order valence-corrected chi connectivity index (χ4v) is 3.90. The third-order valence-corrected chi connectivity index (χ3v) is 5.88. The average Bonchev–Trinajstić information content (AvgIpc) is 2.75. The van der Waals surface area contributed by atoms with Gasteiger partial charge in [-0.2, -0.15) is 4.33 Å². The Hall–Kier alpha value is 0.940. The van der Waals surface area contributed by atoms with E-state index in [-0.39, 0.29) is 75.2 Å². The van der Waals surface area contributed by atoms with Gasteiger partial charge in [0.2, 0.25) is 0 Å². The summed E-state index contributed by atoms with van der Waals surface area (Å²) >= 11 is 1.08. The maximum absolute atomic E-state index is 10.9. The maximum atomic E-state index is 10.9. The zero-order chi connectivity index (χ0) is 21.0. The second kappa shape index (κ2) is 33.9. The Labute approximate surface area is 248 Å². The Kier molecular flexibility index (Phi) is 44.8. The average molecular weight is 558 g/mol. The van der Waals surface area contributed by atoms with Crippen molar-refractivity contribution in [2.45, 2.75) is 79.1 Å². The number of nitrogens with zero attached hydrogens (tertiary/aromatic N) is 2. The van der Waals surface area contributed by atoms with E-state index in [2.05, 4.69) is 25.8 Å². The van der Waals surface area contributed by atoms with Crippen molar-refractivity contribution in [1.82, 2.24) is 9.80 Å². The third-order valence-electron chi connectivity index (χ3n) is 5.27. The number of rotatable bonds is 19. The molecule has 1 aliphatic heterocycles. The fourth-order valence-electron chi connectivity index (χ4n) is 3.54. The molecule has 0 aromatic heterocycles. The first kappa shape index (κ1) is 44.9. The van der Waals surface area contributed by atoms with Crippen LogP contribution in [-0.2, 0) is 18.9 Å². The molecule has 202 valence electrons. The molecule has 0 unspecified atom stereocenters. The first-order valence-electron chi connectivity index (χ1n) is 11.1. The van der Waals surface area contributed by atoms with E-state index < -0.39 is 0 Å². The van der Waals surface area contributed by atoms with Crippen LogP contribution < -0.4 is 59.6 Å². The molecule has 1 saturated heterocycles. The minimum atomic E-state index is -0.319. The monoisotopic (exact) mass is 556 g/mol. The number of hydrogen-bond acceptors (Lipinski definition) is 8. The van der Waals surface area contributed by atoms with Gasteiger partial charge < -0.3 is 44.6 Å². The van der Waals surface area contributed by atoms with Gasteiger partial charge in [0.25, 0.3) is 0 Å². The molecule has 0 aliphatic carbocycles. The Bertz CT molecular complexity index is 425. The van der Waals surface area contributed by atoms with Gasteiger partial charge in [-0.1, -0.05) is 66.4 Å². The van der Waals surface area contributed by atoms with Gasteiger partial charge >= 0.3 is 35.5 Å². The molecule has 0 aromatic carbocycles. The van der Waals surface area contributed by atoms with E-state index in [0.717, 1.165) is 69.8 Å². The van der Waals surface area contributed by atoms with Crippen molar-refractivity contribution in [3.63, 3.8) is 0 Å². The predicted octanol–water partition coefficient (Wildman–Crippen LogP) is -4.61. The number of piperazine rings is 1. The van der Waals surface area contributed by atoms with Crippen LogP contribution >= 0.6 is 12.0 Å². The molecule has 0 aromatic rings. The van der Waals surface area contributed by atoms with Crippen molar-refractivity contribution in [1.29, 1.82) is 0 Å². The summed E-state index contributed by atoms with van der Waals surface area (Å²) < 4.78 is 9.24. The fraction of sp³-hybridized carbons (Fsp3) is 0.870. The zero-order valence-electron chi connectivity index (χ0n) is 19.6. The van der Waals surface area contributed by atoms with E-state index >= 15 is 0 Å². The van der Waals surface area contributed by atoms with Crippen molar-refractivity contribution < 1.29 is 78.5 Å². The van der Waals surface area contributed by atoms with Gasteiger partial charge in [-0.15, -0.1) is 0 Å². The molecule has 11 heteroatoms. The number of unbranched alkanes of at least 4 members (excludes halogenated alkanes) is 8. The zero-order valence-corrected chi connectivity index (χ0v) is 23.9. The van der Waals surface area contributed by atoms with E-state index in [1.165, 1.54) is 57.6 Å². The molecule has 1 aliphatic rings. The normalized spacial score (nSPS) is 13.2. The number of ether oxygens (including phenoxy) is 1. The first-order chi connectivity index (χ1) is 14.3. The quantitative estimate of drug-likeness (QED) is 0.0299. The number of carbonyl (C=O) groups is 1. The molecular weight excluding hydrogens is 510 g/mol. The van der Waals surface area contributed by atoms with Crippen LogP contribution in [0.15, 0.2) is 12.7 Å². The van der Waals surface area contributed by atoms with Gasteiger partial charge in [0.15, 0.2) is 0 Å². The minimum Gasteiger partial charge on any atom is -1.00 e. The number of hydrogen-bond donors (Lipinski definition) is 0. The van der Waals surface area contributed by atoms with Gasteiger partial charge in [0, 0.05) is 50.1 Å². The summed E-state index contributed by atoms with van der Waals surface area (Å²) in [6, 6.07) is 0. The van der Waals surface area contributed by atoms with Gasteiger partial charge in [-0.3, -0.25) is 5.04 Å². The standard InChI is InChI=1S/C21H40N2O5S.2CH4.2ClH.Na/c1-2-21(24)26-19-11-9-7-5-3-4-6-8-10-13-22-15-17-23(18-16-22)14-12-20-29-28-27-25;;;;;/h2,25H,1,3-20H2;2*1H4;2*1H;/q;;;;;+1/p-3. The molecule has 0 saturated carbocycles. The number of carbonyl (C=O) groups excluding carboxylic acids is 1. The molecule has 0 radical (unpaired) electrons. The molecule has 0 amide bonds. The van der Waals surface area contributed by atoms with E-state index in [0.29, 0.717) is 6.61 Å². The molecule has 0 spiro atoms. The summed E-state index contributed by atoms with van der Waals surface area (Å²) in [5, 5.41) is 13.0. The molecule has 0 N–H and O–H groups in total. The largest absolute Gasteiger partial charge is 1.00 e. The molecule has 1 heterocycles. The van der Waals surface area contributed by atoms with Crippen LogP contribution in [0.4, 0.5) is 0 Å². The third kappa shape index (κ3) is 27.5. The SMILES string of the molecule is C.C.C=CC(=O)OCCCCCCCCCCCN1CCN(CCCSOO[O-])CC1.[Cl-].[Cl-].[Na+]. The summed E-state index contributed by atoms with van der Waals surface area (Å²) in [5.74, 6) is 0.467. The molecule has 34 heavy (non-hydrogen) atoms. The van der Waals surface area contributed by atoms with Gasteiger partial charge in [0.1, 0.15) is 0 Å². The van der Waals surface area contributed by atoms with E-state index in [9.17, 15) is 10.1 Å². The van der Waals surface area contributed by atoms with Crippen molar-refractivity contribution in [2.75, 3.05) is 51.6 Å². The van der Waals surface area contributed by atoms with Gasteiger partial charge in [0.05, 0.1) is 6.61 Å². The van der Waals surface area contributed by atoms with Crippen LogP contribution in [0.1, 0.15) is 79.1 Å². The molecule has 1 fully saturated rings. The predicted molar refractivity (Wildman–Crippen MR) is 128 cm³/mol. The van der Waals surface area contributed by atoms with Crippen LogP contribution in [0.3, 0.4) is 0 Å². The summed E-state index contributed by atoms with van der Waals surface area (Å²) in [6.07, 6.45) is 13.4. The number of esters is 1. The summed E-state index contributed by atoms with van der Waals surface area (Å²) in [4.78, 5) is 16.0. The summed E-state index contributed by atoms with van der Waals surface area (Å²) in [5.41, 5.74) is 0. The smallest absolute Gasteiger partial charge is 1.00 e. The Morgan fingerprint density at radius 1 is 0.824 bits per heavy atom. The Morgan fingerprint density at radius 3 is 1.74 bits per heavy atom. The topological polar surface area (TPSA) is 74.3 Å². The molecule has 0 atom stereocenters. The minimum absolute atomic E-state index is 0. The number of halogens is 2. The van der Waals surface area contributed by atoms with Crippen molar-refractivity contribution in [3.05, 3.63) is 12.7 Å². The molecular formula is C23H47Cl2N2NaO5S-2. The van der Waals surface area contributed by atoms with Crippen LogP contribution in [0, 0.1) is 0 Å². The molecule has 1 rings (SSSR count). The molecule has 7 nitrogen and oxygen atoms in total. The second-order valence-electron chi connectivity index (χ2n) is 7.55. The van der Waals surface area contributed by atoms with Crippen LogP contribution in [0.2, 0.25) is 0 Å². The van der Waals surface area contributed by atoms with Crippen LogP contribution in [0.25, 0.3) is 0 Å². The first-order valence-corrected chi connectivity index (χ1v) is 12.0. The summed E-state index contributed by atoms with van der Waals surface area (Å²) in [6.45, 7) is 10.8. The van der Waals surface area contributed by atoms with Gasteiger partial charge in [-0.05, 0) is 32.4 Å². The van der Waals surface area contributed by atoms with Crippen LogP contribution in [-0.4, -0.2) is 67.4 Å². The van der Waals surface area contributed by atoms with Crippen molar-refractivity contribution in [2.24, 2.45) is 0 Å². The van der Waals surface area contributed by atoms with E-state index in [1.54, 1.807) is 0 Å². The summed E-state index contributed by atoms with van der Waals surface area (Å²) in [7, 11) is 0.